The molecule has 3 rings (SSSR count). The zero-order valence-corrected chi connectivity index (χ0v) is 9.60. The summed E-state index contributed by atoms with van der Waals surface area (Å²) in [7, 11) is 0. The highest BCUT2D eigenvalue weighted by Gasteiger charge is 2.53. The van der Waals surface area contributed by atoms with Crippen molar-refractivity contribution in [1.82, 2.24) is 0 Å². The average Bonchev–Trinajstić information content (AvgIpc) is 2.88. The molecule has 0 unspecified atom stereocenters. The van der Waals surface area contributed by atoms with Gasteiger partial charge in [-0.25, -0.2) is 0 Å². The number of aliphatic hydroxyl groups is 2. The number of aliphatic hydroxyl groups excluding tert-OH is 2. The molecule has 1 aromatic rings. The lowest BCUT2D eigenvalue weighted by Crippen LogP contribution is -2.35. The van der Waals surface area contributed by atoms with E-state index in [0.29, 0.717) is 5.56 Å². The summed E-state index contributed by atoms with van der Waals surface area (Å²) in [5.41, 5.74) is 0.674. The lowest BCUT2D eigenvalue weighted by Gasteiger charge is -2.22. The average molecular weight is 250 g/mol. The van der Waals surface area contributed by atoms with E-state index in [4.69, 9.17) is 9.47 Å². The summed E-state index contributed by atoms with van der Waals surface area (Å²) in [5.74, 6) is -0.364. The number of hydrogen-bond donors (Lipinski definition) is 2. The highest BCUT2D eigenvalue weighted by molar-refractivity contribution is 5.73. The van der Waals surface area contributed by atoms with Gasteiger partial charge in [0.2, 0.25) is 0 Å². The van der Waals surface area contributed by atoms with Gasteiger partial charge < -0.3 is 19.7 Å². The van der Waals surface area contributed by atoms with Gasteiger partial charge >= 0.3 is 5.97 Å². The Morgan fingerprint density at radius 3 is 2.67 bits per heavy atom. The van der Waals surface area contributed by atoms with Crippen LogP contribution in [-0.4, -0.2) is 40.6 Å². The molecule has 18 heavy (non-hydrogen) atoms. The van der Waals surface area contributed by atoms with Crippen molar-refractivity contribution in [1.29, 1.82) is 0 Å². The lowest BCUT2D eigenvalue weighted by atomic mass is 9.99. The maximum absolute atomic E-state index is 11.1. The van der Waals surface area contributed by atoms with E-state index < -0.39 is 30.5 Å². The van der Waals surface area contributed by atoms with Crippen LogP contribution < -0.4 is 0 Å². The van der Waals surface area contributed by atoms with E-state index in [-0.39, 0.29) is 12.4 Å². The molecule has 96 valence electrons. The van der Waals surface area contributed by atoms with Crippen LogP contribution in [0.4, 0.5) is 0 Å². The molecule has 5 heteroatoms. The number of benzene rings is 1. The van der Waals surface area contributed by atoms with Gasteiger partial charge in [-0.05, 0) is 5.56 Å². The Bertz CT molecular complexity index is 446. The van der Waals surface area contributed by atoms with Gasteiger partial charge in [0.05, 0.1) is 6.42 Å². The molecule has 2 saturated heterocycles. The number of rotatable bonds is 2. The molecule has 2 aliphatic heterocycles. The fourth-order valence-corrected chi connectivity index (χ4v) is 2.54. The maximum Gasteiger partial charge on any atom is 0.309 e. The largest absolute Gasteiger partial charge is 0.457 e. The minimum absolute atomic E-state index is 0.139. The first kappa shape index (κ1) is 11.6. The van der Waals surface area contributed by atoms with Gasteiger partial charge in [0, 0.05) is 0 Å². The Morgan fingerprint density at radius 1 is 1.28 bits per heavy atom. The predicted octanol–water partition coefficient (Wildman–Crippen LogP) is 0.164. The predicted molar refractivity (Wildman–Crippen MR) is 60.6 cm³/mol. The summed E-state index contributed by atoms with van der Waals surface area (Å²) in [4.78, 5) is 11.1. The first-order valence-corrected chi connectivity index (χ1v) is 5.93. The Hall–Kier alpha value is -1.43. The molecule has 0 amide bonds. The second-order valence-corrected chi connectivity index (χ2v) is 4.64. The number of fused-ring (bicyclic) bond motifs is 1. The summed E-state index contributed by atoms with van der Waals surface area (Å²) in [5, 5.41) is 20.2. The van der Waals surface area contributed by atoms with Crippen LogP contribution in [0.1, 0.15) is 18.1 Å². The number of carbonyl (C=O) groups excluding carboxylic acids is 1. The Balaban J connectivity index is 1.77. The summed E-state index contributed by atoms with van der Waals surface area (Å²) in [6, 6.07) is 8.99. The molecular formula is C13H14O5. The number of carbonyl (C=O) groups is 1. The minimum Gasteiger partial charge on any atom is -0.457 e. The van der Waals surface area contributed by atoms with E-state index in [0.717, 1.165) is 0 Å². The monoisotopic (exact) mass is 250 g/mol. The summed E-state index contributed by atoms with van der Waals surface area (Å²) in [6.45, 7) is 0. The van der Waals surface area contributed by atoms with Gasteiger partial charge in [-0.1, -0.05) is 30.3 Å². The summed E-state index contributed by atoms with van der Waals surface area (Å²) in [6.07, 6.45) is -3.63. The molecule has 0 bridgehead atoms. The van der Waals surface area contributed by atoms with Crippen molar-refractivity contribution in [2.24, 2.45) is 0 Å². The van der Waals surface area contributed by atoms with E-state index in [1.54, 1.807) is 24.3 Å². The smallest absolute Gasteiger partial charge is 0.309 e. The first-order chi connectivity index (χ1) is 8.66. The van der Waals surface area contributed by atoms with Crippen LogP contribution in [0.25, 0.3) is 0 Å². The SMILES string of the molecule is O=C1C[C@H]2O[C@@H]([C@H](O)c3ccccc3)[C@@H](O)[C@H]2O1. The zero-order valence-electron chi connectivity index (χ0n) is 9.60. The van der Waals surface area contributed by atoms with E-state index >= 15 is 0 Å². The fourth-order valence-electron chi connectivity index (χ4n) is 2.54. The molecule has 0 aliphatic carbocycles. The molecule has 5 atom stereocenters. The first-order valence-electron chi connectivity index (χ1n) is 5.93. The molecule has 1 aromatic carbocycles. The minimum atomic E-state index is -0.989. The van der Waals surface area contributed by atoms with Crippen molar-refractivity contribution in [3.05, 3.63) is 35.9 Å². The van der Waals surface area contributed by atoms with E-state index in [1.165, 1.54) is 0 Å². The van der Waals surface area contributed by atoms with E-state index in [1.807, 2.05) is 6.07 Å². The van der Waals surface area contributed by atoms with Crippen molar-refractivity contribution in [3.63, 3.8) is 0 Å². The third-order valence-electron chi connectivity index (χ3n) is 3.46. The second kappa shape index (κ2) is 4.35. The Morgan fingerprint density at radius 2 is 2.00 bits per heavy atom. The van der Waals surface area contributed by atoms with Gasteiger partial charge in [0.1, 0.15) is 24.4 Å². The Labute approximate surface area is 104 Å². The number of ether oxygens (including phenoxy) is 2. The molecule has 2 fully saturated rings. The van der Waals surface area contributed by atoms with Crippen molar-refractivity contribution in [2.45, 2.75) is 36.9 Å². The van der Waals surface area contributed by atoms with Crippen molar-refractivity contribution in [2.75, 3.05) is 0 Å². The van der Waals surface area contributed by atoms with Crippen LogP contribution in [0.2, 0.25) is 0 Å². The van der Waals surface area contributed by atoms with Crippen molar-refractivity contribution >= 4 is 5.97 Å². The van der Waals surface area contributed by atoms with Crippen LogP contribution in [0, 0.1) is 0 Å². The van der Waals surface area contributed by atoms with Crippen LogP contribution in [0.5, 0.6) is 0 Å². The topological polar surface area (TPSA) is 76.0 Å². The van der Waals surface area contributed by atoms with E-state index in [2.05, 4.69) is 0 Å². The van der Waals surface area contributed by atoms with Crippen LogP contribution in [0.15, 0.2) is 30.3 Å². The quantitative estimate of drug-likeness (QED) is 0.731. The summed E-state index contributed by atoms with van der Waals surface area (Å²) >= 11 is 0. The molecule has 5 nitrogen and oxygen atoms in total. The maximum atomic E-state index is 11.1. The third kappa shape index (κ3) is 1.80. The molecular weight excluding hydrogens is 236 g/mol. The van der Waals surface area contributed by atoms with Gasteiger partial charge in [0.15, 0.2) is 6.10 Å². The molecule has 2 heterocycles. The third-order valence-corrected chi connectivity index (χ3v) is 3.46. The van der Waals surface area contributed by atoms with Crippen LogP contribution in [0.3, 0.4) is 0 Å². The molecule has 2 aliphatic rings. The van der Waals surface area contributed by atoms with E-state index in [9.17, 15) is 15.0 Å². The molecule has 0 saturated carbocycles. The molecule has 2 N–H and O–H groups in total. The highest BCUT2D eigenvalue weighted by atomic mass is 16.6. The van der Waals surface area contributed by atoms with Gasteiger partial charge in [-0.2, -0.15) is 0 Å². The van der Waals surface area contributed by atoms with Crippen LogP contribution in [-0.2, 0) is 14.3 Å². The van der Waals surface area contributed by atoms with Crippen LogP contribution >= 0.6 is 0 Å². The zero-order chi connectivity index (χ0) is 12.7. The number of esters is 1. The van der Waals surface area contributed by atoms with Gasteiger partial charge in [-0.3, -0.25) is 4.79 Å². The fraction of sp³-hybridized carbons (Fsp3) is 0.462. The Kier molecular flexibility index (Phi) is 2.81. The van der Waals surface area contributed by atoms with Crippen molar-refractivity contribution in [3.8, 4) is 0 Å². The highest BCUT2D eigenvalue weighted by Crippen LogP contribution is 2.36. The summed E-state index contributed by atoms with van der Waals surface area (Å²) < 4.78 is 10.5. The van der Waals surface area contributed by atoms with Gasteiger partial charge in [0.25, 0.3) is 0 Å². The normalized spacial score (nSPS) is 36.2. The second-order valence-electron chi connectivity index (χ2n) is 4.64. The van der Waals surface area contributed by atoms with Crippen molar-refractivity contribution < 1.29 is 24.5 Å². The molecule has 0 spiro atoms. The molecule has 0 aromatic heterocycles. The molecule has 0 radical (unpaired) electrons. The number of hydrogen-bond acceptors (Lipinski definition) is 5. The van der Waals surface area contributed by atoms with Gasteiger partial charge in [-0.15, -0.1) is 0 Å². The lowest BCUT2D eigenvalue weighted by molar-refractivity contribution is -0.147. The standard InChI is InChI=1S/C13H14O5/c14-9-6-8-12(18-9)11(16)13(17-8)10(15)7-4-2-1-3-5-7/h1-5,8,10-13,15-16H,6H2/t8-,10-,11+,12+,13+/m1/s1.